The van der Waals surface area contributed by atoms with Crippen LogP contribution in [0.4, 0.5) is 22.5 Å². The second-order valence-electron chi connectivity index (χ2n) is 6.79. The average Bonchev–Trinajstić information content (AvgIpc) is 3.16. The van der Waals surface area contributed by atoms with Crippen LogP contribution >= 0.6 is 11.3 Å². The Kier molecular flexibility index (Phi) is 5.69. The summed E-state index contributed by atoms with van der Waals surface area (Å²) in [5.41, 5.74) is 4.43. The summed E-state index contributed by atoms with van der Waals surface area (Å²) in [4.78, 5) is 25.4. The molecule has 0 spiro atoms. The van der Waals surface area contributed by atoms with Crippen LogP contribution in [0.2, 0.25) is 0 Å². The first kappa shape index (κ1) is 21.5. The zero-order chi connectivity index (χ0) is 22.9. The first-order valence-electron chi connectivity index (χ1n) is 9.21. The number of nitrogens with zero attached hydrogens (tertiary/aromatic N) is 4. The number of hydrogen-bond acceptors (Lipinski definition) is 10. The Morgan fingerprint density at radius 3 is 2.44 bits per heavy atom. The Bertz CT molecular complexity index is 1420. The van der Waals surface area contributed by atoms with Crippen molar-refractivity contribution >= 4 is 54.0 Å². The van der Waals surface area contributed by atoms with Gasteiger partial charge in [-0.2, -0.15) is 0 Å². The van der Waals surface area contributed by atoms with E-state index in [2.05, 4.69) is 30.5 Å². The molecule has 0 unspecified atom stereocenters. The van der Waals surface area contributed by atoms with Crippen molar-refractivity contribution in [3.63, 3.8) is 0 Å². The highest BCUT2D eigenvalue weighted by Gasteiger charge is 2.25. The second-order valence-corrected chi connectivity index (χ2v) is 9.50. The lowest BCUT2D eigenvalue weighted by atomic mass is 10.2. The van der Waals surface area contributed by atoms with E-state index < -0.39 is 20.6 Å². The molecular weight excluding hydrogens is 454 g/mol. The van der Waals surface area contributed by atoms with Gasteiger partial charge < -0.3 is 5.32 Å². The molecule has 0 bridgehead atoms. The van der Waals surface area contributed by atoms with Gasteiger partial charge in [-0.25, -0.2) is 23.4 Å². The van der Waals surface area contributed by atoms with Crippen molar-refractivity contribution in [1.29, 1.82) is 0 Å². The minimum absolute atomic E-state index is 0.00416. The zero-order valence-corrected chi connectivity index (χ0v) is 18.5. The number of sulfonamides is 1. The first-order valence-corrected chi connectivity index (χ1v) is 11.5. The lowest BCUT2D eigenvalue weighted by molar-refractivity contribution is -0.383. The fourth-order valence-electron chi connectivity index (χ4n) is 2.87. The summed E-state index contributed by atoms with van der Waals surface area (Å²) in [6, 6.07) is 11.8. The average molecular weight is 472 g/mol. The van der Waals surface area contributed by atoms with Crippen molar-refractivity contribution in [2.24, 2.45) is 0 Å². The molecule has 2 aromatic heterocycles. The van der Waals surface area contributed by atoms with Gasteiger partial charge in [0.2, 0.25) is 11.6 Å². The van der Waals surface area contributed by atoms with E-state index in [9.17, 15) is 18.5 Å². The summed E-state index contributed by atoms with van der Waals surface area (Å²) in [6.07, 6.45) is 1.08. The molecule has 0 amide bonds. The van der Waals surface area contributed by atoms with Gasteiger partial charge in [0.1, 0.15) is 6.33 Å². The molecule has 0 fully saturated rings. The maximum atomic E-state index is 12.5. The zero-order valence-electron chi connectivity index (χ0n) is 16.9. The van der Waals surface area contributed by atoms with Crippen LogP contribution < -0.4 is 15.6 Å². The molecule has 4 aromatic rings. The number of anilines is 3. The maximum absolute atomic E-state index is 12.5. The second kappa shape index (κ2) is 8.45. The molecule has 13 heteroatoms. The van der Waals surface area contributed by atoms with Crippen LogP contribution in [-0.4, -0.2) is 28.3 Å². The molecule has 2 aromatic carbocycles. The minimum Gasteiger partial charge on any atom is -0.310 e. The summed E-state index contributed by atoms with van der Waals surface area (Å²) >= 11 is 1.31. The number of nitro groups is 1. The molecule has 11 nitrogen and oxygen atoms in total. The number of para-hydroxylation sites is 1. The number of aryl methyl sites for hydroxylation is 2. The predicted molar refractivity (Wildman–Crippen MR) is 121 cm³/mol. The van der Waals surface area contributed by atoms with Crippen LogP contribution in [0.1, 0.15) is 11.1 Å². The standard InChI is InChI=1S/C19H17N7O4S2/c1-11-6-8-13(9-7-11)32(29,30)25-24-18-16(26(27)28)17(20-10-21-18)23-19-22-15-12(2)4-3-5-14(15)31-19/h3-10,25H,1-2H3,(H2,20,21,22,23,24). The molecule has 0 aliphatic heterocycles. The van der Waals surface area contributed by atoms with Gasteiger partial charge in [-0.1, -0.05) is 41.2 Å². The maximum Gasteiger partial charge on any atom is 0.355 e. The van der Waals surface area contributed by atoms with Gasteiger partial charge in [-0.15, -0.1) is 4.83 Å². The van der Waals surface area contributed by atoms with E-state index in [4.69, 9.17) is 0 Å². The highest BCUT2D eigenvalue weighted by molar-refractivity contribution is 7.89. The van der Waals surface area contributed by atoms with Gasteiger partial charge in [-0.3, -0.25) is 15.5 Å². The predicted octanol–water partition coefficient (Wildman–Crippen LogP) is 3.66. The number of nitrogens with one attached hydrogen (secondary N) is 3. The van der Waals surface area contributed by atoms with Crippen LogP contribution in [-0.2, 0) is 10.0 Å². The Labute approximate surface area is 186 Å². The number of fused-ring (bicyclic) bond motifs is 1. The molecule has 0 saturated heterocycles. The van der Waals surface area contributed by atoms with E-state index in [1.807, 2.05) is 32.0 Å². The molecule has 0 aliphatic carbocycles. The normalized spacial score (nSPS) is 11.4. The molecule has 164 valence electrons. The summed E-state index contributed by atoms with van der Waals surface area (Å²) in [5, 5.41) is 15.0. The molecule has 0 aliphatic rings. The number of hydrogen-bond donors (Lipinski definition) is 3. The van der Waals surface area contributed by atoms with Gasteiger partial charge >= 0.3 is 5.69 Å². The van der Waals surface area contributed by atoms with Crippen molar-refractivity contribution in [3.8, 4) is 0 Å². The van der Waals surface area contributed by atoms with Gasteiger partial charge in [0.25, 0.3) is 10.0 Å². The van der Waals surface area contributed by atoms with Gasteiger partial charge in [0, 0.05) is 0 Å². The molecule has 3 N–H and O–H groups in total. The van der Waals surface area contributed by atoms with Crippen molar-refractivity contribution in [1.82, 2.24) is 19.8 Å². The lowest BCUT2D eigenvalue weighted by Crippen LogP contribution is -2.30. The van der Waals surface area contributed by atoms with Crippen molar-refractivity contribution in [2.75, 3.05) is 10.7 Å². The van der Waals surface area contributed by atoms with Crippen molar-refractivity contribution in [2.45, 2.75) is 18.7 Å². The Morgan fingerprint density at radius 2 is 1.75 bits per heavy atom. The van der Waals surface area contributed by atoms with E-state index in [0.29, 0.717) is 5.13 Å². The van der Waals surface area contributed by atoms with Gasteiger partial charge in [-0.05, 0) is 37.6 Å². The smallest absolute Gasteiger partial charge is 0.310 e. The van der Waals surface area contributed by atoms with Crippen LogP contribution in [0.15, 0.2) is 53.7 Å². The summed E-state index contributed by atoms with van der Waals surface area (Å²) in [5.74, 6) is -0.445. The van der Waals surface area contributed by atoms with Crippen LogP contribution in [0.3, 0.4) is 0 Å². The SMILES string of the molecule is Cc1ccc(S(=O)(=O)NNc2ncnc(Nc3nc4c(C)cccc4s3)c2[N+](=O)[O-])cc1. The van der Waals surface area contributed by atoms with E-state index in [-0.39, 0.29) is 16.5 Å². The number of hydrazine groups is 1. The minimum atomic E-state index is -3.99. The fraction of sp³-hybridized carbons (Fsp3) is 0.105. The number of benzene rings is 2. The highest BCUT2D eigenvalue weighted by Crippen LogP contribution is 2.34. The molecule has 0 radical (unpaired) electrons. The third kappa shape index (κ3) is 4.34. The fourth-order valence-corrected chi connectivity index (χ4v) is 4.65. The third-order valence-electron chi connectivity index (χ3n) is 4.49. The first-order chi connectivity index (χ1) is 15.2. The Balaban J connectivity index is 1.62. The van der Waals surface area contributed by atoms with Gasteiger partial charge in [0.15, 0.2) is 5.13 Å². The van der Waals surface area contributed by atoms with E-state index in [1.54, 1.807) is 12.1 Å². The molecule has 4 rings (SSSR count). The van der Waals surface area contributed by atoms with Gasteiger partial charge in [0.05, 0.1) is 20.0 Å². The molecule has 32 heavy (non-hydrogen) atoms. The largest absolute Gasteiger partial charge is 0.355 e. The van der Waals surface area contributed by atoms with Crippen LogP contribution in [0.5, 0.6) is 0 Å². The quantitative estimate of drug-likeness (QED) is 0.271. The highest BCUT2D eigenvalue weighted by atomic mass is 32.2. The van der Waals surface area contributed by atoms with E-state index >= 15 is 0 Å². The van der Waals surface area contributed by atoms with Crippen LogP contribution in [0.25, 0.3) is 10.2 Å². The van der Waals surface area contributed by atoms with Crippen molar-refractivity contribution < 1.29 is 13.3 Å². The summed E-state index contributed by atoms with van der Waals surface area (Å²) in [6.45, 7) is 3.74. The third-order valence-corrected chi connectivity index (χ3v) is 6.69. The van der Waals surface area contributed by atoms with E-state index in [1.165, 1.54) is 23.5 Å². The number of aromatic nitrogens is 3. The molecular formula is C19H17N7O4S2. The number of rotatable bonds is 7. The monoisotopic (exact) mass is 471 g/mol. The van der Waals surface area contributed by atoms with Crippen molar-refractivity contribution in [3.05, 3.63) is 70.0 Å². The lowest BCUT2D eigenvalue weighted by Gasteiger charge is -2.10. The molecule has 0 saturated carbocycles. The Morgan fingerprint density at radius 1 is 1.03 bits per heavy atom. The van der Waals surface area contributed by atoms with Crippen LogP contribution in [0, 0.1) is 24.0 Å². The summed E-state index contributed by atoms with van der Waals surface area (Å²) in [7, 11) is -3.99. The number of thiazole rings is 1. The Hall–Kier alpha value is -3.68. The topological polar surface area (TPSA) is 152 Å². The molecule has 2 heterocycles. The molecule has 0 atom stereocenters. The summed E-state index contributed by atoms with van der Waals surface area (Å²) < 4.78 is 25.9. The van der Waals surface area contributed by atoms with E-state index in [0.717, 1.165) is 27.7 Å².